The Morgan fingerprint density at radius 3 is 2.70 bits per heavy atom. The molecular formula is C21H21FN2O3. The van der Waals surface area contributed by atoms with Crippen molar-refractivity contribution in [3.8, 4) is 5.75 Å². The summed E-state index contributed by atoms with van der Waals surface area (Å²) in [4.78, 5) is 26.0. The zero-order valence-corrected chi connectivity index (χ0v) is 14.9. The molecule has 0 unspecified atom stereocenters. The van der Waals surface area contributed by atoms with Crippen LogP contribution in [0, 0.1) is 5.82 Å². The lowest BCUT2D eigenvalue weighted by Crippen LogP contribution is -2.32. The summed E-state index contributed by atoms with van der Waals surface area (Å²) >= 11 is 0. The Morgan fingerprint density at radius 1 is 1.22 bits per heavy atom. The first-order valence-corrected chi connectivity index (χ1v) is 8.76. The first kappa shape index (κ1) is 18.6. The summed E-state index contributed by atoms with van der Waals surface area (Å²) in [5.74, 6) is -0.108. The number of nitrogens with zero attached hydrogens (tertiary/aromatic N) is 1. The van der Waals surface area contributed by atoms with Crippen LogP contribution >= 0.6 is 0 Å². The number of benzene rings is 2. The molecule has 1 aliphatic heterocycles. The predicted molar refractivity (Wildman–Crippen MR) is 99.8 cm³/mol. The van der Waals surface area contributed by atoms with E-state index in [0.29, 0.717) is 30.8 Å². The van der Waals surface area contributed by atoms with Gasteiger partial charge in [-0.25, -0.2) is 4.39 Å². The van der Waals surface area contributed by atoms with Gasteiger partial charge in [0.2, 0.25) is 5.91 Å². The van der Waals surface area contributed by atoms with E-state index in [9.17, 15) is 14.0 Å². The van der Waals surface area contributed by atoms with Gasteiger partial charge in [0, 0.05) is 25.1 Å². The van der Waals surface area contributed by atoms with Crippen LogP contribution in [0.1, 0.15) is 22.3 Å². The summed E-state index contributed by atoms with van der Waals surface area (Å²) in [6.07, 6.45) is 1.77. The Morgan fingerprint density at radius 2 is 1.96 bits per heavy atom. The highest BCUT2D eigenvalue weighted by atomic mass is 19.1. The Kier molecular flexibility index (Phi) is 5.86. The third-order valence-electron chi connectivity index (χ3n) is 4.43. The van der Waals surface area contributed by atoms with Crippen molar-refractivity contribution in [1.82, 2.24) is 10.2 Å². The summed E-state index contributed by atoms with van der Waals surface area (Å²) in [6.45, 7) is 4.72. The average Bonchev–Trinajstić information content (AvgIpc) is 3.16. The molecule has 27 heavy (non-hydrogen) atoms. The van der Waals surface area contributed by atoms with Crippen molar-refractivity contribution in [2.24, 2.45) is 0 Å². The highest BCUT2D eigenvalue weighted by Crippen LogP contribution is 2.21. The van der Waals surface area contributed by atoms with Gasteiger partial charge >= 0.3 is 0 Å². The van der Waals surface area contributed by atoms with Crippen molar-refractivity contribution in [2.45, 2.75) is 19.1 Å². The van der Waals surface area contributed by atoms with E-state index in [0.717, 1.165) is 5.56 Å². The van der Waals surface area contributed by atoms with Crippen LogP contribution in [0.4, 0.5) is 4.39 Å². The van der Waals surface area contributed by atoms with Crippen molar-refractivity contribution >= 4 is 11.8 Å². The van der Waals surface area contributed by atoms with E-state index < -0.39 is 0 Å². The largest absolute Gasteiger partial charge is 0.489 e. The normalized spacial score (nSPS) is 16.0. The molecular weight excluding hydrogens is 347 g/mol. The Hall–Kier alpha value is -3.15. The molecule has 6 heteroatoms. The van der Waals surface area contributed by atoms with E-state index in [1.54, 1.807) is 29.2 Å². The first-order chi connectivity index (χ1) is 13.1. The van der Waals surface area contributed by atoms with Gasteiger partial charge in [-0.15, -0.1) is 0 Å². The van der Waals surface area contributed by atoms with Crippen molar-refractivity contribution in [1.29, 1.82) is 0 Å². The van der Waals surface area contributed by atoms with Gasteiger partial charge in [0.1, 0.15) is 17.7 Å². The Bertz CT molecular complexity index is 836. The van der Waals surface area contributed by atoms with E-state index in [4.69, 9.17) is 4.74 Å². The van der Waals surface area contributed by atoms with Crippen LogP contribution in [0.3, 0.4) is 0 Å². The molecule has 1 fully saturated rings. The fraction of sp³-hybridized carbons (Fsp3) is 0.238. The average molecular weight is 368 g/mol. The van der Waals surface area contributed by atoms with Crippen LogP contribution < -0.4 is 10.1 Å². The standard InChI is InChI=1S/C21H21FN2O3/c1-2-20(25)23-13-15-5-3-4-6-19(15)21(26)24-12-11-18(14-24)27-17-9-7-16(22)8-10-17/h2-10,18H,1,11-14H2,(H,23,25)/t18-/m0/s1. The molecule has 0 spiro atoms. The summed E-state index contributed by atoms with van der Waals surface area (Å²) < 4.78 is 18.8. The number of hydrogen-bond donors (Lipinski definition) is 1. The molecule has 1 heterocycles. The Labute approximate surface area is 157 Å². The van der Waals surface area contributed by atoms with Gasteiger partial charge in [-0.2, -0.15) is 0 Å². The quantitative estimate of drug-likeness (QED) is 0.798. The number of hydrogen-bond acceptors (Lipinski definition) is 3. The van der Waals surface area contributed by atoms with Crippen molar-refractivity contribution in [3.05, 3.63) is 78.1 Å². The SMILES string of the molecule is C=CC(=O)NCc1ccccc1C(=O)N1CC[C@H](Oc2ccc(F)cc2)C1. The lowest BCUT2D eigenvalue weighted by atomic mass is 10.1. The lowest BCUT2D eigenvalue weighted by Gasteiger charge is -2.19. The van der Waals surface area contributed by atoms with E-state index >= 15 is 0 Å². The maximum Gasteiger partial charge on any atom is 0.254 e. The highest BCUT2D eigenvalue weighted by Gasteiger charge is 2.29. The minimum atomic E-state index is -0.314. The van der Waals surface area contributed by atoms with Gasteiger partial charge < -0.3 is 15.0 Å². The van der Waals surface area contributed by atoms with Crippen LogP contribution in [-0.2, 0) is 11.3 Å². The number of likely N-dealkylation sites (tertiary alicyclic amines) is 1. The third-order valence-corrected chi connectivity index (χ3v) is 4.43. The predicted octanol–water partition coefficient (Wildman–Crippen LogP) is 2.92. The number of ether oxygens (including phenoxy) is 1. The summed E-state index contributed by atoms with van der Waals surface area (Å²) in [6, 6.07) is 13.1. The van der Waals surface area contributed by atoms with Crippen molar-refractivity contribution in [2.75, 3.05) is 13.1 Å². The fourth-order valence-corrected chi connectivity index (χ4v) is 3.02. The highest BCUT2D eigenvalue weighted by molar-refractivity contribution is 5.96. The number of halogens is 1. The molecule has 2 amide bonds. The third kappa shape index (κ3) is 4.73. The molecule has 0 aliphatic carbocycles. The number of rotatable bonds is 6. The minimum Gasteiger partial charge on any atom is -0.489 e. The minimum absolute atomic E-state index is 0.0938. The van der Waals surface area contributed by atoms with E-state index in [2.05, 4.69) is 11.9 Å². The smallest absolute Gasteiger partial charge is 0.254 e. The molecule has 2 aromatic carbocycles. The fourth-order valence-electron chi connectivity index (χ4n) is 3.02. The second-order valence-electron chi connectivity index (χ2n) is 6.31. The maximum atomic E-state index is 13.0. The molecule has 0 radical (unpaired) electrons. The number of nitrogens with one attached hydrogen (secondary N) is 1. The van der Waals surface area contributed by atoms with Crippen molar-refractivity contribution < 1.29 is 18.7 Å². The van der Waals surface area contributed by atoms with Crippen molar-refractivity contribution in [3.63, 3.8) is 0 Å². The molecule has 2 aromatic rings. The molecule has 0 saturated carbocycles. The molecule has 0 aromatic heterocycles. The van der Waals surface area contributed by atoms with Gasteiger partial charge in [-0.05, 0) is 42.0 Å². The molecule has 5 nitrogen and oxygen atoms in total. The lowest BCUT2D eigenvalue weighted by molar-refractivity contribution is -0.116. The topological polar surface area (TPSA) is 58.6 Å². The van der Waals surface area contributed by atoms with Gasteiger partial charge in [0.05, 0.1) is 6.54 Å². The monoisotopic (exact) mass is 368 g/mol. The Balaban J connectivity index is 1.64. The van der Waals surface area contributed by atoms with E-state index in [-0.39, 0.29) is 30.3 Å². The van der Waals surface area contributed by atoms with Gasteiger partial charge in [-0.1, -0.05) is 24.8 Å². The molecule has 1 aliphatic rings. The van der Waals surface area contributed by atoms with Gasteiger partial charge in [0.15, 0.2) is 0 Å². The summed E-state index contributed by atoms with van der Waals surface area (Å²) in [5, 5.41) is 2.70. The molecule has 140 valence electrons. The van der Waals surface area contributed by atoms with E-state index in [1.807, 2.05) is 12.1 Å². The summed E-state index contributed by atoms with van der Waals surface area (Å²) in [7, 11) is 0. The number of carbonyl (C=O) groups is 2. The first-order valence-electron chi connectivity index (χ1n) is 8.76. The molecule has 3 rings (SSSR count). The number of amides is 2. The van der Waals surface area contributed by atoms with Gasteiger partial charge in [0.25, 0.3) is 5.91 Å². The second kappa shape index (κ2) is 8.49. The summed E-state index contributed by atoms with van der Waals surface area (Å²) in [5.41, 5.74) is 1.31. The van der Waals surface area contributed by atoms with E-state index in [1.165, 1.54) is 18.2 Å². The molecule has 1 saturated heterocycles. The molecule has 1 N–H and O–H groups in total. The van der Waals surface area contributed by atoms with Crippen LogP contribution in [0.2, 0.25) is 0 Å². The maximum absolute atomic E-state index is 13.0. The zero-order valence-electron chi connectivity index (χ0n) is 14.9. The van der Waals surface area contributed by atoms with Gasteiger partial charge in [-0.3, -0.25) is 9.59 Å². The van der Waals surface area contributed by atoms with Crippen LogP contribution in [-0.4, -0.2) is 35.9 Å². The number of carbonyl (C=O) groups excluding carboxylic acids is 2. The zero-order chi connectivity index (χ0) is 19.2. The van der Waals surface area contributed by atoms with Crippen LogP contribution in [0.15, 0.2) is 61.2 Å². The molecule has 0 bridgehead atoms. The second-order valence-corrected chi connectivity index (χ2v) is 6.31. The van der Waals surface area contributed by atoms with Crippen LogP contribution in [0.25, 0.3) is 0 Å². The molecule has 1 atom stereocenters. The van der Waals surface area contributed by atoms with Crippen LogP contribution in [0.5, 0.6) is 5.75 Å².